The maximum Gasteiger partial charge on any atom is 0.336 e. The van der Waals surface area contributed by atoms with Gasteiger partial charge < -0.3 is 19.7 Å². The minimum absolute atomic E-state index is 0.0321. The minimum atomic E-state index is -0.401. The van der Waals surface area contributed by atoms with Crippen molar-refractivity contribution < 1.29 is 19.1 Å². The van der Waals surface area contributed by atoms with Gasteiger partial charge >= 0.3 is 5.97 Å². The second kappa shape index (κ2) is 8.64. The molecule has 0 unspecified atom stereocenters. The molecule has 1 N–H and O–H groups in total. The highest BCUT2D eigenvalue weighted by Crippen LogP contribution is 2.42. The number of allylic oxidation sites excluding steroid dienone is 3. The molecule has 1 aliphatic carbocycles. The maximum atomic E-state index is 13.2. The van der Waals surface area contributed by atoms with E-state index in [9.17, 15) is 9.59 Å². The molecule has 3 aliphatic rings. The van der Waals surface area contributed by atoms with Crippen LogP contribution in [0, 0.1) is 0 Å². The third kappa shape index (κ3) is 4.01. The number of rotatable bonds is 5. The summed E-state index contributed by atoms with van der Waals surface area (Å²) in [4.78, 5) is 28.1. The lowest BCUT2D eigenvalue weighted by Crippen LogP contribution is -2.35. The Labute approximate surface area is 177 Å². The molecule has 0 bridgehead atoms. The first kappa shape index (κ1) is 20.7. The molecule has 2 aliphatic heterocycles. The fourth-order valence-corrected chi connectivity index (χ4v) is 4.57. The van der Waals surface area contributed by atoms with Crippen molar-refractivity contribution in [2.75, 3.05) is 32.2 Å². The fraction of sp³-hybridized carbons (Fsp3) is 0.500. The van der Waals surface area contributed by atoms with Gasteiger partial charge in [0.25, 0.3) is 0 Å². The Kier molecular flexibility index (Phi) is 5.95. The van der Waals surface area contributed by atoms with E-state index in [1.165, 1.54) is 0 Å². The van der Waals surface area contributed by atoms with Crippen LogP contribution in [-0.4, -0.2) is 45.2 Å². The first-order chi connectivity index (χ1) is 14.5. The number of carbonyl (C=O) groups is 2. The highest BCUT2D eigenvalue weighted by atomic mass is 16.6. The topological polar surface area (TPSA) is 67.9 Å². The lowest BCUT2D eigenvalue weighted by molar-refractivity contribution is -0.142. The summed E-state index contributed by atoms with van der Waals surface area (Å²) >= 11 is 0. The highest BCUT2D eigenvalue weighted by Gasteiger charge is 2.39. The Bertz CT molecular complexity index is 892. The molecule has 6 heteroatoms. The van der Waals surface area contributed by atoms with Crippen molar-refractivity contribution in [3.63, 3.8) is 0 Å². The predicted molar refractivity (Wildman–Crippen MR) is 115 cm³/mol. The van der Waals surface area contributed by atoms with Gasteiger partial charge in [0.2, 0.25) is 0 Å². The van der Waals surface area contributed by atoms with Gasteiger partial charge in [-0.3, -0.25) is 4.79 Å². The number of benzene rings is 1. The van der Waals surface area contributed by atoms with Gasteiger partial charge in [0.15, 0.2) is 5.78 Å². The Balaban J connectivity index is 1.68. The lowest BCUT2D eigenvalue weighted by atomic mass is 9.75. The molecule has 0 spiro atoms. The van der Waals surface area contributed by atoms with Crippen LogP contribution < -0.4 is 10.2 Å². The summed E-state index contributed by atoms with van der Waals surface area (Å²) in [6.07, 6.45) is 4.05. The Morgan fingerprint density at radius 2 is 1.97 bits per heavy atom. The van der Waals surface area contributed by atoms with Crippen LogP contribution in [0.25, 0.3) is 0 Å². The average Bonchev–Trinajstić information content (AvgIpc) is 3.25. The van der Waals surface area contributed by atoms with Gasteiger partial charge in [-0.2, -0.15) is 0 Å². The molecular weight excluding hydrogens is 380 g/mol. The summed E-state index contributed by atoms with van der Waals surface area (Å²) in [5.41, 5.74) is 4.96. The fourth-order valence-electron chi connectivity index (χ4n) is 4.57. The van der Waals surface area contributed by atoms with E-state index in [0.29, 0.717) is 17.6 Å². The van der Waals surface area contributed by atoms with Crippen molar-refractivity contribution in [2.45, 2.75) is 51.0 Å². The minimum Gasteiger partial charge on any atom is -0.459 e. The number of ether oxygens (including phenoxy) is 2. The number of carbonyl (C=O) groups excluding carboxylic acids is 2. The molecule has 1 fully saturated rings. The van der Waals surface area contributed by atoms with Crippen LogP contribution in [0.4, 0.5) is 5.69 Å². The van der Waals surface area contributed by atoms with Gasteiger partial charge in [-0.15, -0.1) is 0 Å². The number of ketones is 1. The summed E-state index contributed by atoms with van der Waals surface area (Å²) in [5.74, 6) is -0.660. The molecule has 0 radical (unpaired) electrons. The van der Waals surface area contributed by atoms with E-state index in [4.69, 9.17) is 9.47 Å². The van der Waals surface area contributed by atoms with Crippen molar-refractivity contribution in [3.8, 4) is 0 Å². The van der Waals surface area contributed by atoms with Gasteiger partial charge in [0.1, 0.15) is 6.61 Å². The number of dihydropyridines is 1. The number of anilines is 1. The zero-order valence-electron chi connectivity index (χ0n) is 18.0. The number of nitrogens with zero attached hydrogens (tertiary/aromatic N) is 1. The molecule has 0 amide bonds. The molecule has 1 aromatic carbocycles. The summed E-state index contributed by atoms with van der Waals surface area (Å²) in [7, 11) is 3.98. The first-order valence-corrected chi connectivity index (χ1v) is 10.8. The van der Waals surface area contributed by atoms with Crippen molar-refractivity contribution >= 4 is 17.4 Å². The Hall–Kier alpha value is -2.60. The van der Waals surface area contributed by atoms with Gasteiger partial charge in [0.05, 0.1) is 11.7 Å². The number of esters is 1. The Morgan fingerprint density at radius 1 is 1.20 bits per heavy atom. The van der Waals surface area contributed by atoms with E-state index >= 15 is 0 Å². The molecule has 1 saturated heterocycles. The van der Waals surface area contributed by atoms with Crippen LogP contribution in [0.3, 0.4) is 0 Å². The quantitative estimate of drug-likeness (QED) is 0.750. The van der Waals surface area contributed by atoms with Crippen LogP contribution in [-0.2, 0) is 19.1 Å². The molecule has 1 aromatic rings. The van der Waals surface area contributed by atoms with Crippen LogP contribution >= 0.6 is 0 Å². The van der Waals surface area contributed by atoms with E-state index in [2.05, 4.69) is 5.32 Å². The maximum absolute atomic E-state index is 13.2. The predicted octanol–water partition coefficient (Wildman–Crippen LogP) is 3.44. The molecule has 4 rings (SSSR count). The number of nitrogens with one attached hydrogen (secondary N) is 1. The second-order valence-corrected chi connectivity index (χ2v) is 8.49. The summed E-state index contributed by atoms with van der Waals surface area (Å²) in [6.45, 7) is 2.87. The first-order valence-electron chi connectivity index (χ1n) is 10.8. The Morgan fingerprint density at radius 3 is 2.63 bits per heavy atom. The van der Waals surface area contributed by atoms with Gasteiger partial charge in [-0.1, -0.05) is 12.1 Å². The number of Topliss-reactive ketones (excluding diaryl/α,β-unsaturated/α-hetero) is 1. The van der Waals surface area contributed by atoms with Gasteiger partial charge in [0, 0.05) is 55.7 Å². The van der Waals surface area contributed by atoms with E-state index in [1.54, 1.807) is 0 Å². The van der Waals surface area contributed by atoms with Crippen molar-refractivity contribution in [3.05, 3.63) is 52.4 Å². The van der Waals surface area contributed by atoms with Crippen LogP contribution in [0.15, 0.2) is 46.8 Å². The molecule has 0 saturated carbocycles. The molecule has 2 atom stereocenters. The monoisotopic (exact) mass is 410 g/mol. The second-order valence-electron chi connectivity index (χ2n) is 8.49. The van der Waals surface area contributed by atoms with E-state index in [1.807, 2.05) is 50.2 Å². The van der Waals surface area contributed by atoms with Gasteiger partial charge in [-0.25, -0.2) is 4.79 Å². The van der Waals surface area contributed by atoms with Crippen LogP contribution in [0.2, 0.25) is 0 Å². The molecule has 0 aromatic heterocycles. The molecule has 30 heavy (non-hydrogen) atoms. The van der Waals surface area contributed by atoms with Crippen molar-refractivity contribution in [1.82, 2.24) is 5.32 Å². The lowest BCUT2D eigenvalue weighted by Gasteiger charge is -2.34. The molecular formula is C24H30N2O4. The zero-order chi connectivity index (χ0) is 21.3. The highest BCUT2D eigenvalue weighted by molar-refractivity contribution is 6.03. The van der Waals surface area contributed by atoms with Crippen molar-refractivity contribution in [1.29, 1.82) is 0 Å². The molecule has 2 heterocycles. The average molecular weight is 411 g/mol. The standard InChI is InChI=1S/C24H30N2O4/c1-15-21(24(28)30-14-18-6-5-13-29-18)22(16-9-11-17(12-10-16)26(2)3)23-19(25-15)7-4-8-20(23)27/h9-12,18,22,25H,4-8,13-14H2,1-3H3/t18-,22+/m0/s1. The van der Waals surface area contributed by atoms with Gasteiger partial charge in [-0.05, 0) is 50.3 Å². The summed E-state index contributed by atoms with van der Waals surface area (Å²) in [6, 6.07) is 8.07. The van der Waals surface area contributed by atoms with E-state index in [0.717, 1.165) is 54.9 Å². The SMILES string of the molecule is CC1=C(C(=O)OC[C@@H]2CCCO2)[C@@H](c2ccc(N(C)C)cc2)C2=C(CCCC2=O)N1. The van der Waals surface area contributed by atoms with E-state index < -0.39 is 5.92 Å². The summed E-state index contributed by atoms with van der Waals surface area (Å²) in [5, 5.41) is 3.34. The van der Waals surface area contributed by atoms with E-state index in [-0.39, 0.29) is 24.5 Å². The van der Waals surface area contributed by atoms with Crippen LogP contribution in [0.1, 0.15) is 50.5 Å². The summed E-state index contributed by atoms with van der Waals surface area (Å²) < 4.78 is 11.3. The zero-order valence-corrected chi connectivity index (χ0v) is 18.0. The van der Waals surface area contributed by atoms with Crippen LogP contribution in [0.5, 0.6) is 0 Å². The number of hydrogen-bond acceptors (Lipinski definition) is 6. The number of hydrogen-bond donors (Lipinski definition) is 1. The third-order valence-corrected chi connectivity index (χ3v) is 6.16. The van der Waals surface area contributed by atoms with Crippen molar-refractivity contribution in [2.24, 2.45) is 0 Å². The normalized spacial score (nSPS) is 23.9. The third-order valence-electron chi connectivity index (χ3n) is 6.16. The smallest absolute Gasteiger partial charge is 0.336 e. The molecule has 6 nitrogen and oxygen atoms in total. The largest absolute Gasteiger partial charge is 0.459 e. The molecule has 160 valence electrons.